The molecule has 0 saturated carbocycles. The zero-order valence-corrected chi connectivity index (χ0v) is 39.4. The first-order valence-corrected chi connectivity index (χ1v) is 25.5. The van der Waals surface area contributed by atoms with Gasteiger partial charge >= 0.3 is 7.82 Å². The lowest BCUT2D eigenvalue weighted by molar-refractivity contribution is -0.870. The van der Waals surface area contributed by atoms with Gasteiger partial charge in [0.15, 0.2) is 0 Å². The fourth-order valence-corrected chi connectivity index (χ4v) is 7.50. The Morgan fingerprint density at radius 2 is 1.03 bits per heavy atom. The zero-order valence-electron chi connectivity index (χ0n) is 38.5. The molecule has 0 spiro atoms. The second kappa shape index (κ2) is 40.8. The molecule has 0 aromatic heterocycles. The number of amides is 1. The van der Waals surface area contributed by atoms with E-state index in [1.54, 1.807) is 6.08 Å². The van der Waals surface area contributed by atoms with Crippen LogP contribution in [0, 0.1) is 0 Å². The van der Waals surface area contributed by atoms with Gasteiger partial charge in [-0.1, -0.05) is 197 Å². The van der Waals surface area contributed by atoms with Crippen molar-refractivity contribution in [3.8, 4) is 0 Å². The summed E-state index contributed by atoms with van der Waals surface area (Å²) in [6.45, 7) is 4.68. The Bertz CT molecular complexity index is 1090. The monoisotopic (exact) mass is 838 g/mol. The first-order chi connectivity index (χ1) is 28.0. The van der Waals surface area contributed by atoms with Crippen molar-refractivity contribution in [2.75, 3.05) is 40.9 Å². The number of likely N-dealkylation sites (N-methyl/N-ethyl adjacent to an activating group) is 1. The highest BCUT2D eigenvalue weighted by Gasteiger charge is 2.27. The Morgan fingerprint density at radius 1 is 0.603 bits per heavy atom. The number of rotatable bonds is 43. The van der Waals surface area contributed by atoms with Crippen LogP contribution in [0.3, 0.4) is 0 Å². The van der Waals surface area contributed by atoms with E-state index in [1.807, 2.05) is 27.2 Å². The summed E-state index contributed by atoms with van der Waals surface area (Å²) in [4.78, 5) is 23.1. The average molecular weight is 838 g/mol. The highest BCUT2D eigenvalue weighted by atomic mass is 31.2. The number of carbonyl (C=O) groups excluding carboxylic acids is 1. The van der Waals surface area contributed by atoms with Gasteiger partial charge in [0.1, 0.15) is 13.2 Å². The van der Waals surface area contributed by atoms with Crippen LogP contribution in [-0.4, -0.2) is 73.4 Å². The largest absolute Gasteiger partial charge is 0.472 e. The molecule has 1 amide bonds. The summed E-state index contributed by atoms with van der Waals surface area (Å²) in [5.74, 6) is -0.207. The van der Waals surface area contributed by atoms with Gasteiger partial charge in [0.2, 0.25) is 5.91 Å². The van der Waals surface area contributed by atoms with Crippen LogP contribution in [0.5, 0.6) is 0 Å². The highest BCUT2D eigenvalue weighted by Crippen LogP contribution is 2.43. The molecule has 0 aliphatic carbocycles. The molecule has 0 radical (unpaired) electrons. The number of hydrogen-bond donors (Lipinski definition) is 3. The first-order valence-electron chi connectivity index (χ1n) is 24.0. The summed E-state index contributed by atoms with van der Waals surface area (Å²) in [5.41, 5.74) is 0. The number of unbranched alkanes of at least 4 members (excludes halogenated alkanes) is 24. The Balaban J connectivity index is 4.32. The van der Waals surface area contributed by atoms with Crippen LogP contribution in [0.25, 0.3) is 0 Å². The van der Waals surface area contributed by atoms with Crippen LogP contribution in [0.4, 0.5) is 0 Å². The number of nitrogens with zero attached hydrogens (tertiary/aromatic N) is 1. The van der Waals surface area contributed by atoms with E-state index < -0.39 is 20.0 Å². The van der Waals surface area contributed by atoms with E-state index in [2.05, 4.69) is 55.6 Å². The van der Waals surface area contributed by atoms with E-state index in [1.165, 1.54) is 122 Å². The van der Waals surface area contributed by atoms with E-state index in [-0.39, 0.29) is 19.1 Å². The topological polar surface area (TPSA) is 105 Å². The molecular weight excluding hydrogens is 744 g/mol. The van der Waals surface area contributed by atoms with E-state index in [0.717, 1.165) is 64.2 Å². The fourth-order valence-electron chi connectivity index (χ4n) is 6.76. The second-order valence-electron chi connectivity index (χ2n) is 17.5. The number of quaternary nitrogens is 1. The number of phosphoric acid groups is 1. The number of phosphoric ester groups is 1. The van der Waals surface area contributed by atoms with Gasteiger partial charge in [0, 0.05) is 6.42 Å². The maximum Gasteiger partial charge on any atom is 0.472 e. The lowest BCUT2D eigenvalue weighted by Gasteiger charge is -2.25. The van der Waals surface area contributed by atoms with Crippen molar-refractivity contribution in [2.24, 2.45) is 0 Å². The van der Waals surface area contributed by atoms with E-state index >= 15 is 0 Å². The molecule has 3 atom stereocenters. The lowest BCUT2D eigenvalue weighted by Crippen LogP contribution is -2.45. The number of hydrogen-bond acceptors (Lipinski definition) is 5. The SMILES string of the molecule is CC/C=C\C/C=C\C/C=C\CCCCCC(=O)NC(COP(=O)(O)OCC[N+](C)(C)C)C(O)/C=C/CCCCCCCCCCCCCCCCCCCCCCC. The van der Waals surface area contributed by atoms with Crippen LogP contribution in [0.2, 0.25) is 0 Å². The molecule has 0 aliphatic rings. The van der Waals surface area contributed by atoms with Crippen molar-refractivity contribution in [1.82, 2.24) is 5.32 Å². The summed E-state index contributed by atoms with van der Waals surface area (Å²) in [6, 6.07) is -0.862. The summed E-state index contributed by atoms with van der Waals surface area (Å²) in [7, 11) is 1.55. The Kier molecular flexibility index (Phi) is 39.8. The van der Waals surface area contributed by atoms with Crippen LogP contribution in [-0.2, 0) is 18.4 Å². The Morgan fingerprint density at radius 3 is 1.52 bits per heavy atom. The lowest BCUT2D eigenvalue weighted by atomic mass is 10.0. The van der Waals surface area contributed by atoms with Gasteiger partial charge in [-0.2, -0.15) is 0 Å². The minimum Gasteiger partial charge on any atom is -0.387 e. The number of aliphatic hydroxyl groups is 1. The summed E-state index contributed by atoms with van der Waals surface area (Å²) < 4.78 is 23.6. The highest BCUT2D eigenvalue weighted by molar-refractivity contribution is 7.47. The van der Waals surface area contributed by atoms with Crippen molar-refractivity contribution in [1.29, 1.82) is 0 Å². The van der Waals surface area contributed by atoms with Crippen LogP contribution >= 0.6 is 7.82 Å². The minimum absolute atomic E-state index is 0.0544. The quantitative estimate of drug-likeness (QED) is 0.0244. The third-order valence-electron chi connectivity index (χ3n) is 10.6. The fraction of sp³-hybridized carbons (Fsp3) is 0.816. The van der Waals surface area contributed by atoms with Gasteiger partial charge in [0.05, 0.1) is 39.9 Å². The van der Waals surface area contributed by atoms with Crippen LogP contribution in [0.15, 0.2) is 48.6 Å². The first kappa shape index (κ1) is 56.5. The van der Waals surface area contributed by atoms with Crippen molar-refractivity contribution in [3.63, 3.8) is 0 Å². The summed E-state index contributed by atoms with van der Waals surface area (Å²) in [5, 5.41) is 13.8. The molecule has 58 heavy (non-hydrogen) atoms. The molecule has 9 heteroatoms. The molecule has 3 unspecified atom stereocenters. The molecule has 0 rings (SSSR count). The van der Waals surface area contributed by atoms with Crippen molar-refractivity contribution < 1.29 is 32.9 Å². The molecule has 0 aromatic carbocycles. The van der Waals surface area contributed by atoms with Crippen molar-refractivity contribution >= 4 is 13.7 Å². The summed E-state index contributed by atoms with van der Waals surface area (Å²) >= 11 is 0. The molecule has 8 nitrogen and oxygen atoms in total. The smallest absolute Gasteiger partial charge is 0.387 e. The predicted molar refractivity (Wildman–Crippen MR) is 249 cm³/mol. The van der Waals surface area contributed by atoms with Crippen LogP contribution < -0.4 is 5.32 Å². The third-order valence-corrected chi connectivity index (χ3v) is 11.5. The average Bonchev–Trinajstić information content (AvgIpc) is 3.17. The van der Waals surface area contributed by atoms with E-state index in [9.17, 15) is 19.4 Å². The molecule has 0 fully saturated rings. The molecule has 0 bridgehead atoms. The van der Waals surface area contributed by atoms with E-state index in [4.69, 9.17) is 9.05 Å². The van der Waals surface area contributed by atoms with Gasteiger partial charge in [-0.25, -0.2) is 4.57 Å². The number of allylic oxidation sites excluding steroid dienone is 7. The van der Waals surface area contributed by atoms with Crippen molar-refractivity contribution in [2.45, 2.75) is 219 Å². The number of carbonyl (C=O) groups is 1. The maximum atomic E-state index is 12.9. The third kappa shape index (κ3) is 42.6. The molecule has 0 aliphatic heterocycles. The zero-order chi connectivity index (χ0) is 42.8. The number of aliphatic hydroxyl groups excluding tert-OH is 1. The molecule has 0 saturated heterocycles. The molecule has 3 N–H and O–H groups in total. The second-order valence-corrected chi connectivity index (χ2v) is 18.9. The normalized spacial score (nSPS) is 14.7. The van der Waals surface area contributed by atoms with E-state index in [0.29, 0.717) is 17.4 Å². The molecule has 0 heterocycles. The molecule has 340 valence electrons. The van der Waals surface area contributed by atoms with Gasteiger partial charge in [-0.05, 0) is 51.4 Å². The van der Waals surface area contributed by atoms with Crippen molar-refractivity contribution in [3.05, 3.63) is 48.6 Å². The Labute approximate surface area is 359 Å². The maximum absolute atomic E-state index is 12.9. The molecular formula is C49H94N2O6P+. The Hall–Kier alpha value is -1.54. The standard InChI is InChI=1S/C49H93N2O6P/c1-6-8-10-12-14-16-18-20-21-22-23-24-25-26-27-28-29-31-32-34-36-38-40-42-48(52)47(46-57-58(54,55)56-45-44-51(3,4)5)50-49(53)43-41-39-37-35-33-30-19-17-15-13-11-9-7-2/h9,11,15,17,30,33,40,42,47-48,52H,6-8,10,12-14,16,18-29,31-32,34-39,41,43-46H2,1-5H3,(H-,50,53,54,55)/p+1/b11-9-,17-15-,33-30-,42-40+. The summed E-state index contributed by atoms with van der Waals surface area (Å²) in [6.07, 6.45) is 52.0. The van der Waals surface area contributed by atoms with Crippen LogP contribution in [0.1, 0.15) is 206 Å². The van der Waals surface area contributed by atoms with Gasteiger partial charge in [0.25, 0.3) is 0 Å². The number of nitrogens with one attached hydrogen (secondary N) is 1. The molecule has 0 aromatic rings. The van der Waals surface area contributed by atoms with Gasteiger partial charge in [-0.3, -0.25) is 13.8 Å². The van der Waals surface area contributed by atoms with Gasteiger partial charge < -0.3 is 19.8 Å². The predicted octanol–water partition coefficient (Wildman–Crippen LogP) is 13.6. The van der Waals surface area contributed by atoms with Gasteiger partial charge in [-0.15, -0.1) is 0 Å². The minimum atomic E-state index is -4.35.